The van der Waals surface area contributed by atoms with Gasteiger partial charge in [0.1, 0.15) is 42.7 Å². The average Bonchev–Trinajstić information content (AvgIpc) is 2.80. The van der Waals surface area contributed by atoms with Crippen LogP contribution in [0.5, 0.6) is 0 Å². The van der Waals surface area contributed by atoms with E-state index in [1.54, 1.807) is 0 Å². The minimum atomic E-state index is -1.84. The van der Waals surface area contributed by atoms with E-state index in [2.05, 4.69) is 12.6 Å². The zero-order chi connectivity index (χ0) is 17.4. The van der Waals surface area contributed by atoms with Crippen LogP contribution in [0.2, 0.25) is 0 Å². The lowest BCUT2D eigenvalue weighted by Gasteiger charge is -2.43. The van der Waals surface area contributed by atoms with E-state index in [1.807, 2.05) is 0 Å². The van der Waals surface area contributed by atoms with E-state index in [1.165, 1.54) is 0 Å². The van der Waals surface area contributed by atoms with Crippen LogP contribution in [-0.4, -0.2) is 104 Å². The Hall–Kier alpha value is 0.280. The molecule has 0 amide bonds. The second-order valence-electron chi connectivity index (χ2n) is 5.53. The van der Waals surface area contributed by atoms with Gasteiger partial charge in [0.25, 0.3) is 0 Å². The van der Waals surface area contributed by atoms with Gasteiger partial charge in [-0.1, -0.05) is 0 Å². The molecule has 9 atom stereocenters. The molecule has 6 N–H and O–H groups in total. The van der Waals surface area contributed by atoms with E-state index < -0.39 is 61.4 Å². The van der Waals surface area contributed by atoms with Crippen molar-refractivity contribution in [3.63, 3.8) is 0 Å². The van der Waals surface area contributed by atoms with Crippen molar-refractivity contribution >= 4 is 24.2 Å². The van der Waals surface area contributed by atoms with Gasteiger partial charge in [-0.3, -0.25) is 0 Å². The summed E-state index contributed by atoms with van der Waals surface area (Å²) < 4.78 is 16.1. The Kier molecular flexibility index (Phi) is 6.53. The summed E-state index contributed by atoms with van der Waals surface area (Å²) >= 11 is 9.68. The minimum Gasteiger partial charge on any atom is -0.394 e. The smallest absolute Gasteiger partial charge is 0.209 e. The molecule has 2 heterocycles. The van der Waals surface area contributed by atoms with Crippen LogP contribution in [0.1, 0.15) is 0 Å². The monoisotopic (exact) mass is 376 g/mol. The van der Waals surface area contributed by atoms with Crippen LogP contribution in [0, 0.1) is 0 Å². The number of thiol groups is 1. The van der Waals surface area contributed by atoms with E-state index in [0.717, 1.165) is 0 Å². The van der Waals surface area contributed by atoms with Gasteiger partial charge < -0.3 is 44.8 Å². The maximum atomic E-state index is 10.2. The Bertz CT molecular complexity index is 403. The van der Waals surface area contributed by atoms with Crippen molar-refractivity contribution in [1.29, 1.82) is 0 Å². The summed E-state index contributed by atoms with van der Waals surface area (Å²) in [5.41, 5.74) is 0. The lowest BCUT2D eigenvalue weighted by Crippen LogP contribution is -2.62. The maximum absolute atomic E-state index is 10.2. The van der Waals surface area contributed by atoms with E-state index in [4.69, 9.17) is 30.9 Å². The number of ether oxygens (including phenoxy) is 3. The first-order valence-corrected chi connectivity index (χ1v) is 8.17. The molecule has 0 aromatic rings. The van der Waals surface area contributed by atoms with Crippen LogP contribution in [-0.2, 0) is 14.2 Å². The standard InChI is InChI=1S/C12H21ClO9S/c13-1-4-7(16)10(19)12(3-23,21-4)22-11-9(18)8(17)6(15)5(2-14)20-11/h4-11,14-19,23H,1-3H2/t4-,5-,6-,7-,8+,9-,10+,11-,12+/m1/s1. The predicted molar refractivity (Wildman–Crippen MR) is 79.0 cm³/mol. The van der Waals surface area contributed by atoms with Crippen LogP contribution in [0.25, 0.3) is 0 Å². The Labute approximate surface area is 142 Å². The first-order chi connectivity index (χ1) is 10.8. The molecule has 0 aromatic carbocycles. The lowest BCUT2D eigenvalue weighted by molar-refractivity contribution is -0.370. The molecule has 2 aliphatic rings. The molecule has 0 aromatic heterocycles. The van der Waals surface area contributed by atoms with Crippen molar-refractivity contribution in [3.05, 3.63) is 0 Å². The largest absolute Gasteiger partial charge is 0.394 e. The van der Waals surface area contributed by atoms with Crippen molar-refractivity contribution in [2.75, 3.05) is 18.2 Å². The summed E-state index contributed by atoms with van der Waals surface area (Å²) in [6, 6.07) is 0. The fourth-order valence-corrected chi connectivity index (χ4v) is 3.19. The molecule has 0 radical (unpaired) electrons. The molecular weight excluding hydrogens is 356 g/mol. The Morgan fingerprint density at radius 3 is 2.13 bits per heavy atom. The van der Waals surface area contributed by atoms with Crippen molar-refractivity contribution in [3.8, 4) is 0 Å². The number of hydrogen-bond donors (Lipinski definition) is 7. The SMILES string of the molecule is OC[C@H]1O[C@H](O[C@]2(CS)O[C@H](CCl)[C@@H](O)[C@@H]2O)[C@H](O)[C@@H](O)[C@@H]1O. The second kappa shape index (κ2) is 7.67. The number of halogens is 1. The summed E-state index contributed by atoms with van der Waals surface area (Å²) in [5.74, 6) is -2.17. The van der Waals surface area contributed by atoms with Crippen LogP contribution in [0.3, 0.4) is 0 Å². The van der Waals surface area contributed by atoms with Gasteiger partial charge in [0.05, 0.1) is 12.5 Å². The normalized spacial score (nSPS) is 51.1. The van der Waals surface area contributed by atoms with Gasteiger partial charge in [-0.15, -0.1) is 11.6 Å². The van der Waals surface area contributed by atoms with Crippen LogP contribution in [0.15, 0.2) is 0 Å². The van der Waals surface area contributed by atoms with Crippen LogP contribution in [0.4, 0.5) is 0 Å². The summed E-state index contributed by atoms with van der Waals surface area (Å²) in [6.07, 6.45) is -11.4. The zero-order valence-electron chi connectivity index (χ0n) is 12.0. The molecule has 11 heteroatoms. The fourth-order valence-electron chi connectivity index (χ4n) is 2.61. The van der Waals surface area contributed by atoms with Gasteiger partial charge in [0.2, 0.25) is 5.79 Å². The van der Waals surface area contributed by atoms with E-state index in [9.17, 15) is 25.5 Å². The number of alkyl halides is 1. The highest BCUT2D eigenvalue weighted by Gasteiger charge is 2.57. The molecule has 2 saturated heterocycles. The predicted octanol–water partition coefficient (Wildman–Crippen LogP) is -3.21. The van der Waals surface area contributed by atoms with Crippen molar-refractivity contribution in [2.24, 2.45) is 0 Å². The summed E-state index contributed by atoms with van der Waals surface area (Å²) in [6.45, 7) is -0.630. The Morgan fingerprint density at radius 2 is 1.65 bits per heavy atom. The molecule has 2 aliphatic heterocycles. The highest BCUT2D eigenvalue weighted by Crippen LogP contribution is 2.37. The molecule has 0 saturated carbocycles. The van der Waals surface area contributed by atoms with Gasteiger partial charge in [-0.2, -0.15) is 12.6 Å². The van der Waals surface area contributed by atoms with Crippen LogP contribution >= 0.6 is 24.2 Å². The maximum Gasteiger partial charge on any atom is 0.209 e. The third-order valence-electron chi connectivity index (χ3n) is 4.04. The summed E-state index contributed by atoms with van der Waals surface area (Å²) in [4.78, 5) is 0. The van der Waals surface area contributed by atoms with Gasteiger partial charge in [-0.25, -0.2) is 0 Å². The molecule has 23 heavy (non-hydrogen) atoms. The minimum absolute atomic E-state index is 0.119. The molecule has 136 valence electrons. The number of aliphatic hydroxyl groups excluding tert-OH is 6. The first-order valence-electron chi connectivity index (χ1n) is 7.00. The van der Waals surface area contributed by atoms with Gasteiger partial charge >= 0.3 is 0 Å². The number of hydrogen-bond acceptors (Lipinski definition) is 10. The molecular formula is C12H21ClO9S. The van der Waals surface area contributed by atoms with Crippen molar-refractivity contribution in [2.45, 2.75) is 54.8 Å². The van der Waals surface area contributed by atoms with E-state index in [0.29, 0.717) is 0 Å². The fraction of sp³-hybridized carbons (Fsp3) is 1.00. The second-order valence-corrected chi connectivity index (χ2v) is 6.16. The third kappa shape index (κ3) is 3.48. The number of rotatable bonds is 5. The first kappa shape index (κ1) is 19.6. The molecule has 0 unspecified atom stereocenters. The average molecular weight is 377 g/mol. The molecule has 2 fully saturated rings. The lowest BCUT2D eigenvalue weighted by atomic mass is 9.99. The quantitative estimate of drug-likeness (QED) is 0.194. The highest BCUT2D eigenvalue weighted by atomic mass is 35.5. The molecule has 9 nitrogen and oxygen atoms in total. The summed E-state index contributed by atoms with van der Waals surface area (Å²) in [7, 11) is 0. The van der Waals surface area contributed by atoms with Crippen molar-refractivity contribution < 1.29 is 44.8 Å². The van der Waals surface area contributed by atoms with Crippen molar-refractivity contribution in [1.82, 2.24) is 0 Å². The van der Waals surface area contributed by atoms with Gasteiger partial charge in [0.15, 0.2) is 6.29 Å². The molecule has 0 spiro atoms. The number of aliphatic hydroxyl groups is 6. The topological polar surface area (TPSA) is 149 Å². The zero-order valence-corrected chi connectivity index (χ0v) is 13.6. The Morgan fingerprint density at radius 1 is 1.00 bits per heavy atom. The molecule has 0 aliphatic carbocycles. The highest BCUT2D eigenvalue weighted by molar-refractivity contribution is 7.80. The third-order valence-corrected chi connectivity index (χ3v) is 4.79. The summed E-state index contributed by atoms with van der Waals surface area (Å²) in [5, 5.41) is 58.7. The van der Waals surface area contributed by atoms with E-state index in [-0.39, 0.29) is 11.6 Å². The van der Waals surface area contributed by atoms with E-state index >= 15 is 0 Å². The Balaban J connectivity index is 2.18. The van der Waals surface area contributed by atoms with Gasteiger partial charge in [-0.05, 0) is 0 Å². The molecule has 0 bridgehead atoms. The molecule has 2 rings (SSSR count). The van der Waals surface area contributed by atoms with Gasteiger partial charge in [0, 0.05) is 5.75 Å². The van der Waals surface area contributed by atoms with Crippen LogP contribution < -0.4 is 0 Å².